The van der Waals surface area contributed by atoms with Crippen LogP contribution in [0.15, 0.2) is 5.51 Å². The number of rotatable bonds is 8. The average Bonchev–Trinajstić information content (AvgIpc) is 2.62. The van der Waals surface area contributed by atoms with Gasteiger partial charge in [-0.05, 0) is 19.4 Å². The van der Waals surface area contributed by atoms with Crippen molar-refractivity contribution in [3.63, 3.8) is 0 Å². The zero-order valence-corrected chi connectivity index (χ0v) is 11.3. The Balaban J connectivity index is 1.94. The van der Waals surface area contributed by atoms with Gasteiger partial charge < -0.3 is 10.1 Å². The first-order valence-corrected chi connectivity index (χ1v) is 6.75. The summed E-state index contributed by atoms with van der Waals surface area (Å²) in [5.74, 6) is 0.708. The summed E-state index contributed by atoms with van der Waals surface area (Å²) in [6.07, 6.45) is 0.987. The molecule has 1 aromatic rings. The maximum Gasteiger partial charge on any atom is 0.0797 e. The minimum atomic E-state index is 0.708. The summed E-state index contributed by atoms with van der Waals surface area (Å²) in [6, 6.07) is 0. The third kappa shape index (κ3) is 5.58. The highest BCUT2D eigenvalue weighted by atomic mass is 32.1. The number of nitrogens with one attached hydrogen (secondary N) is 1. The van der Waals surface area contributed by atoms with Crippen molar-refractivity contribution < 1.29 is 4.74 Å². The van der Waals surface area contributed by atoms with Crippen LogP contribution < -0.4 is 5.32 Å². The fourth-order valence-corrected chi connectivity index (χ4v) is 2.13. The molecule has 0 aliphatic rings. The van der Waals surface area contributed by atoms with Gasteiger partial charge in [0.15, 0.2) is 0 Å². The number of aromatic nitrogens is 1. The zero-order chi connectivity index (χ0) is 11.8. The Morgan fingerprint density at radius 3 is 2.88 bits per heavy atom. The van der Waals surface area contributed by atoms with E-state index in [1.54, 1.807) is 11.3 Å². The molecule has 1 rings (SSSR count). The molecule has 4 heteroatoms. The molecular weight excluding hydrogens is 220 g/mol. The van der Waals surface area contributed by atoms with Crippen LogP contribution >= 0.6 is 11.3 Å². The van der Waals surface area contributed by atoms with Crippen LogP contribution in [0.4, 0.5) is 0 Å². The minimum Gasteiger partial charge on any atom is -0.380 e. The highest BCUT2D eigenvalue weighted by Crippen LogP contribution is 2.12. The zero-order valence-electron chi connectivity index (χ0n) is 10.5. The van der Waals surface area contributed by atoms with Gasteiger partial charge in [-0.15, -0.1) is 11.3 Å². The van der Waals surface area contributed by atoms with E-state index in [1.165, 1.54) is 4.88 Å². The van der Waals surface area contributed by atoms with Crippen molar-refractivity contribution in [2.75, 3.05) is 26.3 Å². The topological polar surface area (TPSA) is 34.1 Å². The third-order valence-corrected chi connectivity index (χ3v) is 3.29. The van der Waals surface area contributed by atoms with E-state index in [0.717, 1.165) is 38.4 Å². The predicted molar refractivity (Wildman–Crippen MR) is 69.1 cm³/mol. The quantitative estimate of drug-likeness (QED) is 0.710. The fourth-order valence-electron chi connectivity index (χ4n) is 1.37. The number of aryl methyl sites for hydroxylation is 1. The lowest BCUT2D eigenvalue weighted by Crippen LogP contribution is -2.24. The molecular formula is C12H22N2OS. The molecule has 0 saturated carbocycles. The average molecular weight is 242 g/mol. The molecule has 0 spiro atoms. The Hall–Kier alpha value is -0.450. The van der Waals surface area contributed by atoms with E-state index in [4.69, 9.17) is 4.74 Å². The first-order valence-electron chi connectivity index (χ1n) is 5.87. The van der Waals surface area contributed by atoms with Crippen molar-refractivity contribution in [1.29, 1.82) is 0 Å². The molecule has 0 bridgehead atoms. The summed E-state index contributed by atoms with van der Waals surface area (Å²) in [6.45, 7) is 10.1. The van der Waals surface area contributed by atoms with E-state index in [0.29, 0.717) is 5.92 Å². The normalized spacial score (nSPS) is 11.2. The molecule has 0 aromatic carbocycles. The number of nitrogens with zero attached hydrogens (tertiary/aromatic N) is 1. The van der Waals surface area contributed by atoms with Gasteiger partial charge >= 0.3 is 0 Å². The molecule has 0 atom stereocenters. The molecule has 0 amide bonds. The van der Waals surface area contributed by atoms with E-state index in [9.17, 15) is 0 Å². The highest BCUT2D eigenvalue weighted by molar-refractivity contribution is 7.09. The summed E-state index contributed by atoms with van der Waals surface area (Å²) >= 11 is 1.72. The number of ether oxygens (including phenoxy) is 1. The number of hydrogen-bond acceptors (Lipinski definition) is 4. The maximum atomic E-state index is 5.56. The molecule has 0 fully saturated rings. The van der Waals surface area contributed by atoms with Crippen molar-refractivity contribution in [3.05, 3.63) is 16.1 Å². The molecule has 3 nitrogen and oxygen atoms in total. The summed E-state index contributed by atoms with van der Waals surface area (Å²) in [5, 5.41) is 3.36. The second-order valence-electron chi connectivity index (χ2n) is 4.32. The lowest BCUT2D eigenvalue weighted by Gasteiger charge is -2.07. The third-order valence-electron chi connectivity index (χ3n) is 2.29. The monoisotopic (exact) mass is 242 g/mol. The molecule has 16 heavy (non-hydrogen) atoms. The fraction of sp³-hybridized carbons (Fsp3) is 0.750. The Labute approximate surface area is 102 Å². The lowest BCUT2D eigenvalue weighted by atomic mass is 10.2. The first kappa shape index (κ1) is 13.6. The van der Waals surface area contributed by atoms with Crippen LogP contribution in [0.3, 0.4) is 0 Å². The van der Waals surface area contributed by atoms with Crippen LogP contribution in [0.1, 0.15) is 24.4 Å². The SMILES string of the molecule is Cc1ncsc1CCOCCNCC(C)C. The van der Waals surface area contributed by atoms with Gasteiger partial charge in [0.25, 0.3) is 0 Å². The van der Waals surface area contributed by atoms with Gasteiger partial charge in [-0.2, -0.15) is 0 Å². The van der Waals surface area contributed by atoms with E-state index in [2.05, 4.69) is 31.1 Å². The van der Waals surface area contributed by atoms with Gasteiger partial charge in [-0.3, -0.25) is 0 Å². The number of hydrogen-bond donors (Lipinski definition) is 1. The highest BCUT2D eigenvalue weighted by Gasteiger charge is 2.00. The van der Waals surface area contributed by atoms with E-state index >= 15 is 0 Å². The van der Waals surface area contributed by atoms with Crippen LogP contribution in [0.25, 0.3) is 0 Å². The summed E-state index contributed by atoms with van der Waals surface area (Å²) in [5.41, 5.74) is 3.04. The van der Waals surface area contributed by atoms with E-state index < -0.39 is 0 Å². The summed E-state index contributed by atoms with van der Waals surface area (Å²) < 4.78 is 5.56. The predicted octanol–water partition coefficient (Wildman–Crippen LogP) is 2.26. The molecule has 0 aliphatic heterocycles. The van der Waals surface area contributed by atoms with Gasteiger partial charge in [0.1, 0.15) is 0 Å². The van der Waals surface area contributed by atoms with Crippen molar-refractivity contribution >= 4 is 11.3 Å². The van der Waals surface area contributed by atoms with Gasteiger partial charge in [0.05, 0.1) is 24.4 Å². The molecule has 1 N–H and O–H groups in total. The molecule has 0 radical (unpaired) electrons. The van der Waals surface area contributed by atoms with E-state index in [-0.39, 0.29) is 0 Å². The van der Waals surface area contributed by atoms with Crippen molar-refractivity contribution in [3.8, 4) is 0 Å². The van der Waals surface area contributed by atoms with Gasteiger partial charge in [0, 0.05) is 17.8 Å². The Morgan fingerprint density at radius 1 is 1.44 bits per heavy atom. The van der Waals surface area contributed by atoms with Gasteiger partial charge in [-0.25, -0.2) is 4.98 Å². The van der Waals surface area contributed by atoms with Crippen molar-refractivity contribution in [2.24, 2.45) is 5.92 Å². The maximum absolute atomic E-state index is 5.56. The number of thiazole rings is 1. The lowest BCUT2D eigenvalue weighted by molar-refractivity contribution is 0.139. The second kappa shape index (κ2) is 7.76. The second-order valence-corrected chi connectivity index (χ2v) is 5.26. The Bertz CT molecular complexity index is 286. The summed E-state index contributed by atoms with van der Waals surface area (Å²) in [4.78, 5) is 5.56. The Morgan fingerprint density at radius 2 is 2.25 bits per heavy atom. The van der Waals surface area contributed by atoms with Crippen molar-refractivity contribution in [1.82, 2.24) is 10.3 Å². The van der Waals surface area contributed by atoms with Crippen molar-refractivity contribution in [2.45, 2.75) is 27.2 Å². The minimum absolute atomic E-state index is 0.708. The first-order chi connectivity index (χ1) is 7.70. The smallest absolute Gasteiger partial charge is 0.0797 e. The molecule has 1 aromatic heterocycles. The van der Waals surface area contributed by atoms with Crippen LogP contribution in [-0.2, 0) is 11.2 Å². The van der Waals surface area contributed by atoms with Crippen LogP contribution in [0.5, 0.6) is 0 Å². The van der Waals surface area contributed by atoms with Crippen LogP contribution in [0.2, 0.25) is 0 Å². The van der Waals surface area contributed by atoms with Crippen LogP contribution in [-0.4, -0.2) is 31.3 Å². The van der Waals surface area contributed by atoms with E-state index in [1.807, 2.05) is 5.51 Å². The molecule has 92 valence electrons. The summed E-state index contributed by atoms with van der Waals surface area (Å²) in [7, 11) is 0. The molecule has 0 saturated heterocycles. The standard InChI is InChI=1S/C12H22N2OS/c1-10(2)8-13-5-7-15-6-4-12-11(3)14-9-16-12/h9-10,13H,4-8H2,1-3H3. The molecule has 0 aliphatic carbocycles. The van der Waals surface area contributed by atoms with Gasteiger partial charge in [-0.1, -0.05) is 13.8 Å². The van der Waals surface area contributed by atoms with Gasteiger partial charge in [0.2, 0.25) is 0 Å². The largest absolute Gasteiger partial charge is 0.380 e. The Kier molecular flexibility index (Phi) is 6.61. The molecule has 0 unspecified atom stereocenters. The van der Waals surface area contributed by atoms with Crippen LogP contribution in [0, 0.1) is 12.8 Å². The molecule has 1 heterocycles.